The minimum atomic E-state index is -1.20. The summed E-state index contributed by atoms with van der Waals surface area (Å²) in [6, 6.07) is 17.7. The summed E-state index contributed by atoms with van der Waals surface area (Å²) in [7, 11) is 0. The summed E-state index contributed by atoms with van der Waals surface area (Å²) in [5.41, 5.74) is 0.845. The Balaban J connectivity index is 1.89. The third-order valence-electron chi connectivity index (χ3n) is 3.36. The van der Waals surface area contributed by atoms with Crippen molar-refractivity contribution >= 4 is 17.8 Å². The fraction of sp³-hybridized carbons (Fsp3) is 0.0526. The van der Waals surface area contributed by atoms with E-state index in [1.165, 1.54) is 13.0 Å². The van der Waals surface area contributed by atoms with Crippen LogP contribution in [0.3, 0.4) is 0 Å². The van der Waals surface area contributed by atoms with Gasteiger partial charge in [-0.25, -0.2) is 14.8 Å². The van der Waals surface area contributed by atoms with Gasteiger partial charge in [0.25, 0.3) is 0 Å². The number of rotatable bonds is 5. The van der Waals surface area contributed by atoms with E-state index in [9.17, 15) is 14.7 Å². The van der Waals surface area contributed by atoms with Crippen molar-refractivity contribution in [3.05, 3.63) is 66.4 Å². The van der Waals surface area contributed by atoms with Gasteiger partial charge in [-0.3, -0.25) is 10.1 Å². The molecule has 0 saturated carbocycles. The van der Waals surface area contributed by atoms with Gasteiger partial charge in [0.05, 0.1) is 5.69 Å². The van der Waals surface area contributed by atoms with E-state index < -0.39 is 5.97 Å². The van der Waals surface area contributed by atoms with E-state index in [-0.39, 0.29) is 17.5 Å². The highest BCUT2D eigenvalue weighted by atomic mass is 16.5. The molecule has 1 heterocycles. The number of amides is 1. The molecular weight excluding hydrogens is 334 g/mol. The molecular formula is C19H15N3O4. The number of nitrogens with zero attached hydrogens (tertiary/aromatic N) is 2. The number of anilines is 1. The predicted octanol–water partition coefficient (Wildman–Crippen LogP) is 3.59. The Morgan fingerprint density at radius 3 is 2.23 bits per heavy atom. The lowest BCUT2D eigenvalue weighted by Gasteiger charge is -2.08. The Kier molecular flexibility index (Phi) is 4.89. The second kappa shape index (κ2) is 7.43. The number of nitrogens with one attached hydrogen (secondary N) is 1. The van der Waals surface area contributed by atoms with Gasteiger partial charge in [-0.2, -0.15) is 0 Å². The molecule has 0 bridgehead atoms. The molecule has 0 spiro atoms. The molecule has 26 heavy (non-hydrogen) atoms. The van der Waals surface area contributed by atoms with Crippen molar-refractivity contribution in [2.75, 3.05) is 5.32 Å². The first-order valence-electron chi connectivity index (χ1n) is 7.74. The van der Waals surface area contributed by atoms with Crippen molar-refractivity contribution in [2.45, 2.75) is 6.92 Å². The van der Waals surface area contributed by atoms with E-state index in [0.29, 0.717) is 22.8 Å². The zero-order valence-corrected chi connectivity index (χ0v) is 13.8. The monoisotopic (exact) mass is 349 g/mol. The molecule has 3 rings (SSSR count). The molecule has 130 valence electrons. The molecule has 7 nitrogen and oxygen atoms in total. The number of carboxylic acids is 1. The van der Waals surface area contributed by atoms with Crippen LogP contribution in [0.1, 0.15) is 17.4 Å². The van der Waals surface area contributed by atoms with E-state index in [0.717, 1.165) is 0 Å². The molecule has 0 aliphatic heterocycles. The lowest BCUT2D eigenvalue weighted by molar-refractivity contribution is -0.114. The first-order chi connectivity index (χ1) is 12.5. The molecule has 7 heteroatoms. The van der Waals surface area contributed by atoms with Gasteiger partial charge in [-0.05, 0) is 42.5 Å². The normalized spacial score (nSPS) is 10.2. The topological polar surface area (TPSA) is 101 Å². The zero-order chi connectivity index (χ0) is 18.5. The summed E-state index contributed by atoms with van der Waals surface area (Å²) in [4.78, 5) is 30.5. The van der Waals surface area contributed by atoms with Crippen molar-refractivity contribution in [2.24, 2.45) is 0 Å². The number of carboxylic acid groups (broad SMARTS) is 1. The fourth-order valence-corrected chi connectivity index (χ4v) is 2.24. The first-order valence-corrected chi connectivity index (χ1v) is 7.74. The third kappa shape index (κ3) is 4.21. The number of carbonyl (C=O) groups is 2. The molecule has 0 unspecified atom stereocenters. The van der Waals surface area contributed by atoms with Gasteiger partial charge in [-0.15, -0.1) is 0 Å². The minimum absolute atomic E-state index is 0.0583. The van der Waals surface area contributed by atoms with Gasteiger partial charge >= 0.3 is 5.97 Å². The van der Waals surface area contributed by atoms with E-state index in [1.807, 2.05) is 30.3 Å². The quantitative estimate of drug-likeness (QED) is 0.730. The number of hydrogen-bond acceptors (Lipinski definition) is 5. The molecule has 0 radical (unpaired) electrons. The van der Waals surface area contributed by atoms with E-state index in [4.69, 9.17) is 4.74 Å². The van der Waals surface area contributed by atoms with Crippen LogP contribution in [-0.4, -0.2) is 27.0 Å². The summed E-state index contributed by atoms with van der Waals surface area (Å²) in [6.07, 6.45) is 0. The maximum atomic E-state index is 11.3. The van der Waals surface area contributed by atoms with Crippen LogP contribution in [0.2, 0.25) is 0 Å². The molecule has 0 aliphatic carbocycles. The number of aromatic nitrogens is 2. The van der Waals surface area contributed by atoms with Crippen LogP contribution >= 0.6 is 0 Å². The number of aromatic carboxylic acids is 1. The Morgan fingerprint density at radius 1 is 0.962 bits per heavy atom. The van der Waals surface area contributed by atoms with E-state index in [2.05, 4.69) is 15.3 Å². The highest BCUT2D eigenvalue weighted by Gasteiger charge is 2.12. The number of hydrogen-bond donors (Lipinski definition) is 2. The molecule has 0 aliphatic rings. The van der Waals surface area contributed by atoms with Crippen molar-refractivity contribution in [3.8, 4) is 22.8 Å². The van der Waals surface area contributed by atoms with E-state index >= 15 is 0 Å². The summed E-state index contributed by atoms with van der Waals surface area (Å²) < 4.78 is 5.72. The minimum Gasteiger partial charge on any atom is -0.477 e. The molecule has 1 aromatic heterocycles. The molecule has 2 N–H and O–H groups in total. The number of benzene rings is 2. The van der Waals surface area contributed by atoms with Crippen LogP contribution in [0.4, 0.5) is 5.95 Å². The molecule has 3 aromatic rings. The SMILES string of the molecule is CC(=O)Nc1nc(C(=O)O)cc(-c2ccc(Oc3ccccc3)cc2)n1. The summed E-state index contributed by atoms with van der Waals surface area (Å²) in [5.74, 6) is -0.302. The first kappa shape index (κ1) is 17.1. The number of para-hydroxylation sites is 1. The van der Waals surface area contributed by atoms with Crippen molar-refractivity contribution in [1.29, 1.82) is 0 Å². The van der Waals surface area contributed by atoms with Crippen molar-refractivity contribution < 1.29 is 19.4 Å². The lowest BCUT2D eigenvalue weighted by Crippen LogP contribution is -2.12. The number of ether oxygens (including phenoxy) is 1. The predicted molar refractivity (Wildman–Crippen MR) is 95.2 cm³/mol. The molecule has 0 fully saturated rings. The van der Waals surface area contributed by atoms with Crippen LogP contribution in [-0.2, 0) is 4.79 Å². The summed E-state index contributed by atoms with van der Waals surface area (Å²) in [6.45, 7) is 1.30. The molecule has 2 aromatic carbocycles. The average molecular weight is 349 g/mol. The Bertz CT molecular complexity index is 941. The van der Waals surface area contributed by atoms with E-state index in [1.54, 1.807) is 24.3 Å². The van der Waals surface area contributed by atoms with Gasteiger partial charge in [0.1, 0.15) is 11.5 Å². The largest absolute Gasteiger partial charge is 0.477 e. The van der Waals surface area contributed by atoms with Gasteiger partial charge in [0.15, 0.2) is 5.69 Å². The standard InChI is InChI=1S/C19H15N3O4/c1-12(23)20-19-21-16(11-17(22-19)18(24)25)13-7-9-15(10-8-13)26-14-5-3-2-4-6-14/h2-11H,1H3,(H,24,25)(H,20,21,22,23). The van der Waals surface area contributed by atoms with Gasteiger partial charge in [0.2, 0.25) is 11.9 Å². The van der Waals surface area contributed by atoms with Crippen LogP contribution in [0.5, 0.6) is 11.5 Å². The highest BCUT2D eigenvalue weighted by Crippen LogP contribution is 2.25. The number of carbonyl (C=O) groups excluding carboxylic acids is 1. The summed E-state index contributed by atoms with van der Waals surface area (Å²) >= 11 is 0. The Morgan fingerprint density at radius 2 is 1.62 bits per heavy atom. The van der Waals surface area contributed by atoms with Gasteiger partial charge < -0.3 is 9.84 Å². The second-order valence-electron chi connectivity index (χ2n) is 5.39. The second-order valence-corrected chi connectivity index (χ2v) is 5.39. The van der Waals surface area contributed by atoms with Crippen LogP contribution in [0, 0.1) is 0 Å². The maximum Gasteiger partial charge on any atom is 0.354 e. The molecule has 1 amide bonds. The van der Waals surface area contributed by atoms with Crippen LogP contribution < -0.4 is 10.1 Å². The highest BCUT2D eigenvalue weighted by molar-refractivity contribution is 5.90. The zero-order valence-electron chi connectivity index (χ0n) is 13.8. The summed E-state index contributed by atoms with van der Waals surface area (Å²) in [5, 5.41) is 11.6. The Hall–Kier alpha value is -3.74. The fourth-order valence-electron chi connectivity index (χ4n) is 2.24. The average Bonchev–Trinajstić information content (AvgIpc) is 2.62. The van der Waals surface area contributed by atoms with Crippen molar-refractivity contribution in [3.63, 3.8) is 0 Å². The van der Waals surface area contributed by atoms with Crippen LogP contribution in [0.15, 0.2) is 60.7 Å². The maximum absolute atomic E-state index is 11.3. The van der Waals surface area contributed by atoms with Gasteiger partial charge in [-0.1, -0.05) is 18.2 Å². The molecule has 0 saturated heterocycles. The Labute approximate surface area is 149 Å². The molecule has 0 atom stereocenters. The van der Waals surface area contributed by atoms with Gasteiger partial charge in [0, 0.05) is 12.5 Å². The lowest BCUT2D eigenvalue weighted by atomic mass is 10.1. The third-order valence-corrected chi connectivity index (χ3v) is 3.36. The smallest absolute Gasteiger partial charge is 0.354 e. The van der Waals surface area contributed by atoms with Crippen LogP contribution in [0.25, 0.3) is 11.3 Å². The van der Waals surface area contributed by atoms with Crippen molar-refractivity contribution in [1.82, 2.24) is 9.97 Å².